The molecule has 1 amide bonds. The van der Waals surface area contributed by atoms with Crippen LogP contribution in [0, 0.1) is 5.92 Å². The molecule has 0 radical (unpaired) electrons. The number of rotatable bonds is 5. The fraction of sp³-hybridized carbons (Fsp3) is 0.714. The lowest BCUT2D eigenvalue weighted by Gasteiger charge is -2.42. The third-order valence-corrected chi connectivity index (χ3v) is 7.29. The van der Waals surface area contributed by atoms with Gasteiger partial charge in [0.05, 0.1) is 11.9 Å². The summed E-state index contributed by atoms with van der Waals surface area (Å²) in [6.07, 6.45) is -1.05. The largest absolute Gasteiger partial charge is 0.508 e. The molecule has 0 N–H and O–H groups in total. The molecule has 2 fully saturated rings. The number of ether oxygens (including phenoxy) is 4. The van der Waals surface area contributed by atoms with Crippen molar-refractivity contribution in [3.05, 3.63) is 0 Å². The third kappa shape index (κ3) is 2.97. The fourth-order valence-electron chi connectivity index (χ4n) is 3.01. The van der Waals surface area contributed by atoms with Gasteiger partial charge in [0, 0.05) is 6.92 Å². The molecule has 0 bridgehead atoms. The van der Waals surface area contributed by atoms with Crippen LogP contribution in [0.4, 0.5) is 4.79 Å². The van der Waals surface area contributed by atoms with Crippen molar-refractivity contribution in [1.29, 1.82) is 0 Å². The van der Waals surface area contributed by atoms with Gasteiger partial charge in [-0.15, -0.1) is 0 Å². The van der Waals surface area contributed by atoms with E-state index in [1.54, 1.807) is 0 Å². The number of hydrogen-bond donors (Lipinski definition) is 0. The lowest BCUT2D eigenvalue weighted by atomic mass is 9.92. The van der Waals surface area contributed by atoms with Gasteiger partial charge < -0.3 is 23.8 Å². The average Bonchev–Trinajstić information content (AvgIpc) is 2.68. The van der Waals surface area contributed by atoms with Crippen LogP contribution in [0.1, 0.15) is 20.8 Å². The number of hydrogen-bond acceptors (Lipinski definition) is 10. The molecule has 2 aliphatic rings. The Kier molecular flexibility index (Phi) is 5.17. The molecule has 2 heterocycles. The Balaban J connectivity index is 2.20. The summed E-state index contributed by atoms with van der Waals surface area (Å²) in [6, 6.07) is -1.41. The van der Waals surface area contributed by atoms with E-state index in [2.05, 4.69) is 14.2 Å². The van der Waals surface area contributed by atoms with Crippen molar-refractivity contribution in [3.63, 3.8) is 0 Å². The molecule has 2 aliphatic heterocycles. The monoisotopic (exact) mass is 393 g/mol. The van der Waals surface area contributed by atoms with E-state index in [1.807, 2.05) is 0 Å². The Labute approximate surface area is 149 Å². The van der Waals surface area contributed by atoms with Gasteiger partial charge in [0.2, 0.25) is 12.7 Å². The number of carbonyl (C=O) groups is 4. The maximum atomic E-state index is 12.8. The highest BCUT2D eigenvalue weighted by molar-refractivity contribution is 7.93. The van der Waals surface area contributed by atoms with Gasteiger partial charge in [-0.1, -0.05) is 0 Å². The highest BCUT2D eigenvalue weighted by atomic mass is 32.2. The Morgan fingerprint density at radius 2 is 1.77 bits per heavy atom. The van der Waals surface area contributed by atoms with E-state index in [0.29, 0.717) is 0 Å². The van der Waals surface area contributed by atoms with Crippen LogP contribution in [0.5, 0.6) is 0 Å². The van der Waals surface area contributed by atoms with Crippen LogP contribution >= 0.6 is 0 Å². The van der Waals surface area contributed by atoms with E-state index in [1.165, 1.54) is 13.8 Å². The van der Waals surface area contributed by atoms with Crippen molar-refractivity contribution in [2.45, 2.75) is 36.9 Å². The first kappa shape index (κ1) is 19.9. The van der Waals surface area contributed by atoms with Crippen molar-refractivity contribution < 1.29 is 46.5 Å². The molecule has 0 spiro atoms. The molecule has 0 saturated carbocycles. The molecule has 0 unspecified atom stereocenters. The number of methoxy groups -OCH3 is 1. The predicted octanol–water partition coefficient (Wildman–Crippen LogP) is -0.807. The van der Waals surface area contributed by atoms with Crippen molar-refractivity contribution in [2.24, 2.45) is 5.92 Å². The molecule has 3 atom stereocenters. The number of β-lactam (4-membered cyclic amide) rings is 1. The van der Waals surface area contributed by atoms with Crippen LogP contribution in [0.3, 0.4) is 0 Å². The third-order valence-electron chi connectivity index (χ3n) is 4.41. The van der Waals surface area contributed by atoms with E-state index >= 15 is 0 Å². The molecular formula is C14H19NO10S. The smallest absolute Gasteiger partial charge is 0.438 e. The zero-order valence-electron chi connectivity index (χ0n) is 14.6. The number of esters is 2. The first-order chi connectivity index (χ1) is 12.0. The zero-order valence-corrected chi connectivity index (χ0v) is 15.4. The van der Waals surface area contributed by atoms with E-state index in [4.69, 9.17) is 4.74 Å². The second-order valence-electron chi connectivity index (χ2n) is 6.28. The summed E-state index contributed by atoms with van der Waals surface area (Å²) in [5.41, 5.74) is 0. The maximum Gasteiger partial charge on any atom is 0.508 e. The molecule has 0 aromatic carbocycles. The molecular weight excluding hydrogens is 374 g/mol. The Bertz CT molecular complexity index is 743. The second-order valence-corrected chi connectivity index (χ2v) is 8.90. The van der Waals surface area contributed by atoms with Crippen LogP contribution in [0.2, 0.25) is 0 Å². The van der Waals surface area contributed by atoms with E-state index in [9.17, 15) is 27.6 Å². The quantitative estimate of drug-likeness (QED) is 0.331. The molecule has 146 valence electrons. The SMILES string of the molecule is COC(=O)OC[C@@H]1C(=O)N2[C@@H](C(=O)OCOC(C)=O)C(C)(C)S(=O)(=O)[C@H]12. The Morgan fingerprint density at radius 1 is 1.15 bits per heavy atom. The van der Waals surface area contributed by atoms with E-state index in [-0.39, 0.29) is 0 Å². The normalized spacial score (nSPS) is 27.8. The van der Waals surface area contributed by atoms with Crippen molar-refractivity contribution in [1.82, 2.24) is 4.90 Å². The number of sulfone groups is 1. The molecule has 2 saturated heterocycles. The topological polar surface area (TPSA) is 143 Å². The molecule has 0 aromatic heterocycles. The van der Waals surface area contributed by atoms with Crippen LogP contribution < -0.4 is 0 Å². The predicted molar refractivity (Wildman–Crippen MR) is 82.0 cm³/mol. The zero-order chi connectivity index (χ0) is 19.9. The van der Waals surface area contributed by atoms with Crippen LogP contribution in [0.25, 0.3) is 0 Å². The standard InChI is InChI=1S/C14H19NO10S/c1-7(16)24-6-25-12(18)9-14(2,3)26(20,21)11-8(10(17)15(9)11)5-23-13(19)22-4/h8-9,11H,5-6H2,1-4H3/t8-,9+,11-/m1/s1. The van der Waals surface area contributed by atoms with Gasteiger partial charge >= 0.3 is 18.1 Å². The van der Waals surface area contributed by atoms with Gasteiger partial charge in [0.25, 0.3) is 0 Å². The minimum Gasteiger partial charge on any atom is -0.438 e. The number of fused-ring (bicyclic) bond motifs is 1. The van der Waals surface area contributed by atoms with Gasteiger partial charge in [-0.3, -0.25) is 9.59 Å². The number of amides is 1. The second kappa shape index (κ2) is 6.74. The summed E-state index contributed by atoms with van der Waals surface area (Å²) in [4.78, 5) is 47.3. The summed E-state index contributed by atoms with van der Waals surface area (Å²) in [5.74, 6) is -3.50. The summed E-state index contributed by atoms with van der Waals surface area (Å²) < 4.78 is 42.1. The van der Waals surface area contributed by atoms with E-state index < -0.39 is 69.3 Å². The maximum absolute atomic E-state index is 12.8. The molecule has 2 rings (SSSR count). The van der Waals surface area contributed by atoms with Crippen LogP contribution in [-0.4, -0.2) is 74.0 Å². The van der Waals surface area contributed by atoms with Gasteiger partial charge in [-0.2, -0.15) is 0 Å². The van der Waals surface area contributed by atoms with Crippen molar-refractivity contribution >= 4 is 33.8 Å². The van der Waals surface area contributed by atoms with Gasteiger partial charge in [0.1, 0.15) is 18.6 Å². The van der Waals surface area contributed by atoms with Crippen LogP contribution in [0.15, 0.2) is 0 Å². The van der Waals surface area contributed by atoms with Crippen LogP contribution in [-0.2, 0) is 43.2 Å². The molecule has 0 aliphatic carbocycles. The van der Waals surface area contributed by atoms with Crippen molar-refractivity contribution in [2.75, 3.05) is 20.5 Å². The molecule has 11 nitrogen and oxygen atoms in total. The Morgan fingerprint density at radius 3 is 2.31 bits per heavy atom. The molecule has 26 heavy (non-hydrogen) atoms. The lowest BCUT2D eigenvalue weighted by molar-refractivity contribution is -0.178. The molecule has 0 aromatic rings. The summed E-state index contributed by atoms with van der Waals surface area (Å²) >= 11 is 0. The highest BCUT2D eigenvalue weighted by Gasteiger charge is 2.72. The van der Waals surface area contributed by atoms with Gasteiger partial charge in [-0.05, 0) is 13.8 Å². The fourth-order valence-corrected chi connectivity index (χ4v) is 5.30. The number of carbonyl (C=O) groups excluding carboxylic acids is 4. The van der Waals surface area contributed by atoms with Gasteiger partial charge in [0.15, 0.2) is 15.2 Å². The highest BCUT2D eigenvalue weighted by Crippen LogP contribution is 2.48. The molecule has 12 heteroatoms. The summed E-state index contributed by atoms with van der Waals surface area (Å²) in [6.45, 7) is 2.52. The summed E-state index contributed by atoms with van der Waals surface area (Å²) in [5, 5.41) is -1.32. The minimum absolute atomic E-state index is 0.489. The number of nitrogens with zero attached hydrogens (tertiary/aromatic N) is 1. The first-order valence-corrected chi connectivity index (χ1v) is 9.07. The lowest BCUT2D eigenvalue weighted by Crippen LogP contribution is -2.65. The first-order valence-electron chi connectivity index (χ1n) is 7.53. The Hall–Kier alpha value is -2.37. The van der Waals surface area contributed by atoms with E-state index in [0.717, 1.165) is 18.9 Å². The average molecular weight is 393 g/mol. The minimum atomic E-state index is -3.97. The summed E-state index contributed by atoms with van der Waals surface area (Å²) in [7, 11) is -2.90. The van der Waals surface area contributed by atoms with Gasteiger partial charge in [-0.25, -0.2) is 18.0 Å². The van der Waals surface area contributed by atoms with Crippen molar-refractivity contribution in [3.8, 4) is 0 Å².